The van der Waals surface area contributed by atoms with E-state index < -0.39 is 11.9 Å². The first-order valence-corrected chi connectivity index (χ1v) is 5.95. The Balaban J connectivity index is 2.16. The second-order valence-electron chi connectivity index (χ2n) is 3.98. The number of nitrogens with zero attached hydrogens (tertiary/aromatic N) is 1. The lowest BCUT2D eigenvalue weighted by atomic mass is 10.2. The molecule has 0 amide bonds. The van der Waals surface area contributed by atoms with Crippen LogP contribution in [0.3, 0.4) is 0 Å². The van der Waals surface area contributed by atoms with Crippen LogP contribution in [0.15, 0.2) is 17.1 Å². The van der Waals surface area contributed by atoms with Crippen molar-refractivity contribution in [1.82, 2.24) is 0 Å². The van der Waals surface area contributed by atoms with Gasteiger partial charge in [0.25, 0.3) is 0 Å². The Morgan fingerprint density at radius 3 is 2.62 bits per heavy atom. The first-order valence-electron chi connectivity index (χ1n) is 5.13. The van der Waals surface area contributed by atoms with Gasteiger partial charge in [0, 0.05) is 11.9 Å². The molecule has 1 aliphatic rings. The van der Waals surface area contributed by atoms with E-state index in [-0.39, 0.29) is 4.88 Å². The molecule has 1 fully saturated rings. The SMILES string of the molecule is CN=C(c1ccc(CC2CC2)s1)C(F)(F)F. The number of hydrogen-bond acceptors (Lipinski definition) is 2. The molecule has 1 saturated carbocycles. The van der Waals surface area contributed by atoms with E-state index in [1.54, 1.807) is 6.07 Å². The van der Waals surface area contributed by atoms with E-state index in [1.807, 2.05) is 0 Å². The molecule has 0 N–H and O–H groups in total. The maximum atomic E-state index is 12.6. The minimum absolute atomic E-state index is 0.227. The van der Waals surface area contributed by atoms with Gasteiger partial charge in [-0.2, -0.15) is 13.2 Å². The lowest BCUT2D eigenvalue weighted by molar-refractivity contribution is -0.0579. The third kappa shape index (κ3) is 2.64. The second-order valence-corrected chi connectivity index (χ2v) is 5.15. The van der Waals surface area contributed by atoms with E-state index >= 15 is 0 Å². The fourth-order valence-electron chi connectivity index (χ4n) is 1.60. The lowest BCUT2D eigenvalue weighted by Gasteiger charge is -2.06. The number of thiophene rings is 1. The molecule has 1 heterocycles. The second kappa shape index (κ2) is 4.20. The first-order chi connectivity index (χ1) is 7.50. The van der Waals surface area contributed by atoms with E-state index in [2.05, 4.69) is 4.99 Å². The minimum Gasteiger partial charge on any atom is -0.283 e. The van der Waals surface area contributed by atoms with Crippen LogP contribution in [0.5, 0.6) is 0 Å². The van der Waals surface area contributed by atoms with Crippen molar-refractivity contribution in [2.75, 3.05) is 7.05 Å². The van der Waals surface area contributed by atoms with Gasteiger partial charge in [-0.25, -0.2) is 0 Å². The van der Waals surface area contributed by atoms with Crippen LogP contribution in [0.1, 0.15) is 22.6 Å². The van der Waals surface area contributed by atoms with Crippen LogP contribution in [-0.2, 0) is 6.42 Å². The number of alkyl halides is 3. The van der Waals surface area contributed by atoms with Gasteiger partial charge in [-0.1, -0.05) is 0 Å². The Morgan fingerprint density at radius 1 is 1.44 bits per heavy atom. The monoisotopic (exact) mass is 247 g/mol. The first kappa shape index (κ1) is 11.6. The summed E-state index contributed by atoms with van der Waals surface area (Å²) in [6.45, 7) is 0. The highest BCUT2D eigenvalue weighted by molar-refractivity contribution is 7.14. The molecule has 0 atom stereocenters. The van der Waals surface area contributed by atoms with Gasteiger partial charge in [-0.05, 0) is 37.3 Å². The van der Waals surface area contributed by atoms with Crippen molar-refractivity contribution in [2.24, 2.45) is 10.9 Å². The lowest BCUT2D eigenvalue weighted by Crippen LogP contribution is -2.22. The van der Waals surface area contributed by atoms with Gasteiger partial charge >= 0.3 is 6.18 Å². The predicted molar refractivity (Wildman–Crippen MR) is 59.3 cm³/mol. The maximum Gasteiger partial charge on any atom is 0.434 e. The third-order valence-electron chi connectivity index (χ3n) is 2.57. The number of rotatable bonds is 3. The Morgan fingerprint density at radius 2 is 2.12 bits per heavy atom. The fourth-order valence-corrected chi connectivity index (χ4v) is 2.78. The molecule has 0 radical (unpaired) electrons. The largest absolute Gasteiger partial charge is 0.434 e. The van der Waals surface area contributed by atoms with Crippen LogP contribution < -0.4 is 0 Å². The van der Waals surface area contributed by atoms with Gasteiger partial charge in [0.05, 0.1) is 4.88 Å². The van der Waals surface area contributed by atoms with Crippen molar-refractivity contribution >= 4 is 17.0 Å². The van der Waals surface area contributed by atoms with Crippen LogP contribution in [0, 0.1) is 5.92 Å². The normalized spacial score (nSPS) is 17.9. The zero-order valence-corrected chi connectivity index (χ0v) is 9.66. The number of halogens is 3. The molecule has 0 unspecified atom stereocenters. The average molecular weight is 247 g/mol. The molecule has 0 spiro atoms. The zero-order chi connectivity index (χ0) is 11.8. The van der Waals surface area contributed by atoms with Gasteiger partial charge < -0.3 is 0 Å². The van der Waals surface area contributed by atoms with Crippen LogP contribution >= 0.6 is 11.3 Å². The fraction of sp³-hybridized carbons (Fsp3) is 0.545. The quantitative estimate of drug-likeness (QED) is 0.722. The zero-order valence-electron chi connectivity index (χ0n) is 8.84. The molecule has 0 aromatic carbocycles. The molecule has 5 heteroatoms. The van der Waals surface area contributed by atoms with Crippen LogP contribution in [0.25, 0.3) is 0 Å². The molecule has 1 aliphatic carbocycles. The van der Waals surface area contributed by atoms with Gasteiger partial charge in [-0.3, -0.25) is 4.99 Å². The molecular weight excluding hydrogens is 235 g/mol. The van der Waals surface area contributed by atoms with E-state index in [4.69, 9.17) is 0 Å². The summed E-state index contributed by atoms with van der Waals surface area (Å²) in [5.41, 5.74) is -0.764. The van der Waals surface area contributed by atoms with E-state index in [0.29, 0.717) is 5.92 Å². The van der Waals surface area contributed by atoms with Gasteiger partial charge in [0.2, 0.25) is 0 Å². The summed E-state index contributed by atoms with van der Waals surface area (Å²) in [6, 6.07) is 3.31. The maximum absolute atomic E-state index is 12.6. The topological polar surface area (TPSA) is 12.4 Å². The van der Waals surface area contributed by atoms with E-state index in [0.717, 1.165) is 11.3 Å². The Labute approximate surface area is 96.0 Å². The predicted octanol–water partition coefficient (Wildman–Crippen LogP) is 3.68. The van der Waals surface area contributed by atoms with Gasteiger partial charge in [-0.15, -0.1) is 11.3 Å². The summed E-state index contributed by atoms with van der Waals surface area (Å²) in [7, 11) is 1.18. The van der Waals surface area contributed by atoms with Crippen molar-refractivity contribution in [1.29, 1.82) is 0 Å². The van der Waals surface area contributed by atoms with Crippen LogP contribution in [0.4, 0.5) is 13.2 Å². The van der Waals surface area contributed by atoms with Crippen LogP contribution in [-0.4, -0.2) is 18.9 Å². The standard InChI is InChI=1S/C11H12F3NS/c1-15-10(11(12,13)14)9-5-4-8(16-9)6-7-2-3-7/h4-5,7H,2-3,6H2,1H3. The number of hydrogen-bond donors (Lipinski definition) is 0. The molecule has 1 aromatic heterocycles. The summed E-state index contributed by atoms with van der Waals surface area (Å²) in [6.07, 6.45) is -1.02. The van der Waals surface area contributed by atoms with Crippen molar-refractivity contribution < 1.29 is 13.2 Å². The number of aliphatic imine (C=N–C) groups is 1. The highest BCUT2D eigenvalue weighted by Crippen LogP contribution is 2.35. The minimum atomic E-state index is -4.35. The van der Waals surface area contributed by atoms with Crippen molar-refractivity contribution in [3.05, 3.63) is 21.9 Å². The van der Waals surface area contributed by atoms with Crippen molar-refractivity contribution in [3.63, 3.8) is 0 Å². The van der Waals surface area contributed by atoms with Crippen molar-refractivity contribution in [3.8, 4) is 0 Å². The molecule has 1 aromatic rings. The summed E-state index contributed by atoms with van der Waals surface area (Å²) in [4.78, 5) is 4.60. The molecule has 0 saturated heterocycles. The van der Waals surface area contributed by atoms with Crippen LogP contribution in [0.2, 0.25) is 0 Å². The Bertz CT molecular complexity index is 402. The summed E-state index contributed by atoms with van der Waals surface area (Å²) in [5.74, 6) is 0.694. The van der Waals surface area contributed by atoms with Crippen molar-refractivity contribution in [2.45, 2.75) is 25.4 Å². The Hall–Kier alpha value is -0.840. The summed E-state index contributed by atoms with van der Waals surface area (Å²) in [5, 5.41) is 0. The molecular formula is C11H12F3NS. The summed E-state index contributed by atoms with van der Waals surface area (Å²) >= 11 is 1.21. The third-order valence-corrected chi connectivity index (χ3v) is 3.69. The Kier molecular flexibility index (Phi) is 3.06. The molecule has 0 bridgehead atoms. The highest BCUT2D eigenvalue weighted by Gasteiger charge is 2.37. The van der Waals surface area contributed by atoms with E-state index in [9.17, 15) is 13.2 Å². The average Bonchev–Trinajstić information content (AvgIpc) is 2.85. The molecule has 16 heavy (non-hydrogen) atoms. The molecule has 0 aliphatic heterocycles. The summed E-state index contributed by atoms with van der Waals surface area (Å²) < 4.78 is 37.7. The highest BCUT2D eigenvalue weighted by atomic mass is 32.1. The van der Waals surface area contributed by atoms with Gasteiger partial charge in [0.15, 0.2) is 5.71 Å². The van der Waals surface area contributed by atoms with Gasteiger partial charge in [0.1, 0.15) is 0 Å². The molecule has 2 rings (SSSR count). The smallest absolute Gasteiger partial charge is 0.283 e. The molecule has 1 nitrogen and oxygen atoms in total. The molecule has 88 valence electrons. The van der Waals surface area contributed by atoms with E-state index in [1.165, 1.54) is 37.3 Å².